The molecule has 2 aliphatic heterocycles. The van der Waals surface area contributed by atoms with E-state index < -0.39 is 5.60 Å². The molecule has 6 rings (SSSR count). The molecule has 2 bridgehead atoms. The lowest BCUT2D eigenvalue weighted by Gasteiger charge is -2.65. The molecular formula is C22H30NO3+. The number of ether oxygens (including phenoxy) is 1. The van der Waals surface area contributed by atoms with E-state index in [9.17, 15) is 10.2 Å². The molecule has 1 aromatic rings. The first-order valence-electron chi connectivity index (χ1n) is 10.5. The molecule has 140 valence electrons. The van der Waals surface area contributed by atoms with Crippen LogP contribution in [0.1, 0.15) is 50.2 Å². The zero-order valence-corrected chi connectivity index (χ0v) is 15.9. The van der Waals surface area contributed by atoms with Gasteiger partial charge in [0.1, 0.15) is 17.7 Å². The molecule has 2 N–H and O–H groups in total. The maximum absolute atomic E-state index is 12.3. The Kier molecular flexibility index (Phi) is 2.78. The summed E-state index contributed by atoms with van der Waals surface area (Å²) in [6, 6.07) is 4.15. The summed E-state index contributed by atoms with van der Waals surface area (Å²) in [5, 5.41) is 22.8. The van der Waals surface area contributed by atoms with E-state index in [0.29, 0.717) is 11.7 Å². The van der Waals surface area contributed by atoms with Gasteiger partial charge in [0.15, 0.2) is 11.5 Å². The summed E-state index contributed by atoms with van der Waals surface area (Å²) in [6.07, 6.45) is 6.48. The molecule has 5 aliphatic rings. The number of rotatable bonds is 2. The Labute approximate surface area is 155 Å². The summed E-state index contributed by atoms with van der Waals surface area (Å²) in [7, 11) is 2.39. The Hall–Kier alpha value is -1.26. The smallest absolute Gasteiger partial charge is 0.165 e. The van der Waals surface area contributed by atoms with Crippen LogP contribution in [0.2, 0.25) is 0 Å². The molecule has 1 spiro atoms. The van der Waals surface area contributed by atoms with Gasteiger partial charge in [0.25, 0.3) is 0 Å². The highest BCUT2D eigenvalue weighted by molar-refractivity contribution is 5.62. The van der Waals surface area contributed by atoms with E-state index >= 15 is 0 Å². The average molecular weight is 356 g/mol. The van der Waals surface area contributed by atoms with Crippen LogP contribution in [0.25, 0.3) is 0 Å². The van der Waals surface area contributed by atoms with E-state index in [0.717, 1.165) is 48.2 Å². The first-order chi connectivity index (χ1) is 12.4. The summed E-state index contributed by atoms with van der Waals surface area (Å²) in [5.74, 6) is 2.19. The minimum atomic E-state index is -0.710. The van der Waals surface area contributed by atoms with E-state index in [4.69, 9.17) is 4.74 Å². The Balaban J connectivity index is 1.59. The predicted molar refractivity (Wildman–Crippen MR) is 98.3 cm³/mol. The molecule has 4 heteroatoms. The summed E-state index contributed by atoms with van der Waals surface area (Å²) in [6.45, 7) is 4.59. The van der Waals surface area contributed by atoms with Crippen molar-refractivity contribution in [1.29, 1.82) is 0 Å². The van der Waals surface area contributed by atoms with Crippen LogP contribution < -0.4 is 4.74 Å². The molecule has 0 radical (unpaired) electrons. The molecule has 1 saturated heterocycles. The quantitative estimate of drug-likeness (QED) is 0.801. The minimum Gasteiger partial charge on any atom is -0.504 e. The van der Waals surface area contributed by atoms with Crippen molar-refractivity contribution in [3.63, 3.8) is 0 Å². The third-order valence-corrected chi connectivity index (χ3v) is 8.78. The SMILES string of the molecule is C[C@@H]1CC[C@@]2(O)[C@H]3Cc4ccc(O)c5c4[C@@]2(CC[N+]3(C)CC2CC2)[C@H]1O5. The lowest BCUT2D eigenvalue weighted by molar-refractivity contribution is -0.950. The van der Waals surface area contributed by atoms with Crippen LogP contribution >= 0.6 is 0 Å². The normalized spacial score (nSPS) is 48.0. The van der Waals surface area contributed by atoms with Crippen molar-refractivity contribution in [2.45, 2.75) is 68.6 Å². The van der Waals surface area contributed by atoms with Gasteiger partial charge in [-0.25, -0.2) is 0 Å². The van der Waals surface area contributed by atoms with Gasteiger partial charge in [-0.1, -0.05) is 13.0 Å². The zero-order chi connectivity index (χ0) is 17.9. The van der Waals surface area contributed by atoms with Crippen molar-refractivity contribution in [1.82, 2.24) is 0 Å². The first-order valence-corrected chi connectivity index (χ1v) is 10.5. The molecule has 1 aromatic carbocycles. The van der Waals surface area contributed by atoms with Crippen molar-refractivity contribution in [3.05, 3.63) is 23.3 Å². The second-order valence-electron chi connectivity index (χ2n) is 10.2. The second kappa shape index (κ2) is 4.59. The van der Waals surface area contributed by atoms with Gasteiger partial charge >= 0.3 is 0 Å². The molecule has 26 heavy (non-hydrogen) atoms. The van der Waals surface area contributed by atoms with Crippen LogP contribution in [0.5, 0.6) is 11.5 Å². The van der Waals surface area contributed by atoms with Crippen LogP contribution in [-0.2, 0) is 11.8 Å². The number of likely N-dealkylation sites (N-methyl/N-ethyl adjacent to an activating group) is 1. The maximum atomic E-state index is 12.3. The highest BCUT2D eigenvalue weighted by atomic mass is 16.5. The number of piperidine rings is 1. The molecule has 6 atom stereocenters. The Bertz CT molecular complexity index is 805. The van der Waals surface area contributed by atoms with E-state index in [-0.39, 0.29) is 23.3 Å². The van der Waals surface area contributed by atoms with Crippen LogP contribution in [-0.4, -0.2) is 52.6 Å². The molecule has 3 aliphatic carbocycles. The number of hydrogen-bond donors (Lipinski definition) is 2. The average Bonchev–Trinajstić information content (AvgIpc) is 3.32. The fourth-order valence-electron chi connectivity index (χ4n) is 7.40. The molecule has 4 nitrogen and oxygen atoms in total. The fraction of sp³-hybridized carbons (Fsp3) is 0.727. The molecule has 2 saturated carbocycles. The van der Waals surface area contributed by atoms with E-state index in [1.807, 2.05) is 0 Å². The van der Waals surface area contributed by atoms with Gasteiger partial charge in [-0.05, 0) is 43.2 Å². The minimum absolute atomic E-state index is 0.000718. The lowest BCUT2D eigenvalue weighted by atomic mass is 9.47. The third-order valence-electron chi connectivity index (χ3n) is 8.78. The summed E-state index contributed by atoms with van der Waals surface area (Å²) < 4.78 is 7.45. The van der Waals surface area contributed by atoms with Crippen molar-refractivity contribution in [3.8, 4) is 11.5 Å². The number of quaternary nitrogens is 1. The highest BCUT2D eigenvalue weighted by Gasteiger charge is 2.75. The second-order valence-corrected chi connectivity index (χ2v) is 10.2. The first kappa shape index (κ1) is 15.8. The number of aromatic hydroxyl groups is 1. The molecule has 0 aromatic heterocycles. The molecule has 3 fully saturated rings. The van der Waals surface area contributed by atoms with Gasteiger partial charge in [-0.2, -0.15) is 0 Å². The summed E-state index contributed by atoms with van der Waals surface area (Å²) >= 11 is 0. The van der Waals surface area contributed by atoms with Gasteiger partial charge in [-0.3, -0.25) is 0 Å². The van der Waals surface area contributed by atoms with Crippen molar-refractivity contribution >= 4 is 0 Å². The molecule has 1 unspecified atom stereocenters. The highest BCUT2D eigenvalue weighted by Crippen LogP contribution is 2.67. The number of aliphatic hydroxyl groups is 1. The number of phenols is 1. The summed E-state index contributed by atoms with van der Waals surface area (Å²) in [5.41, 5.74) is 1.44. The predicted octanol–water partition coefficient (Wildman–Crippen LogP) is 2.74. The van der Waals surface area contributed by atoms with E-state index in [1.54, 1.807) is 6.07 Å². The van der Waals surface area contributed by atoms with E-state index in [1.165, 1.54) is 24.9 Å². The number of hydrogen-bond acceptors (Lipinski definition) is 3. The molecular weight excluding hydrogens is 326 g/mol. The maximum Gasteiger partial charge on any atom is 0.165 e. The van der Waals surface area contributed by atoms with Crippen LogP contribution in [0.4, 0.5) is 0 Å². The number of likely N-dealkylation sites (tertiary alicyclic amines) is 1. The van der Waals surface area contributed by atoms with Crippen LogP contribution in [0.3, 0.4) is 0 Å². The monoisotopic (exact) mass is 356 g/mol. The molecule has 0 amide bonds. The topological polar surface area (TPSA) is 49.7 Å². The number of phenolic OH excluding ortho intramolecular Hbond substituents is 1. The Morgan fingerprint density at radius 2 is 2.04 bits per heavy atom. The largest absolute Gasteiger partial charge is 0.504 e. The third kappa shape index (κ3) is 1.61. The van der Waals surface area contributed by atoms with Gasteiger partial charge in [-0.15, -0.1) is 0 Å². The number of nitrogens with zero attached hydrogens (tertiary/aromatic N) is 1. The van der Waals surface area contributed by atoms with Crippen molar-refractivity contribution < 1.29 is 19.4 Å². The molecule has 2 heterocycles. The fourth-order valence-corrected chi connectivity index (χ4v) is 7.40. The van der Waals surface area contributed by atoms with E-state index in [2.05, 4.69) is 20.0 Å². The standard InChI is InChI=1S/C22H29NO3/c1-13-7-8-22(25)17-11-15-5-6-16(24)19-18(15)21(22,20(13)26-19)9-10-23(17,2)12-14-3-4-14/h5-6,13-14,17,20,25H,3-4,7-12H2,1-2H3/p+1/t13-,17-,20+,21+,22-,23?/m1/s1. The van der Waals surface area contributed by atoms with Crippen LogP contribution in [0, 0.1) is 11.8 Å². The number of benzene rings is 1. The van der Waals surface area contributed by atoms with Crippen molar-refractivity contribution in [2.75, 3.05) is 20.1 Å². The zero-order valence-electron chi connectivity index (χ0n) is 15.9. The van der Waals surface area contributed by atoms with Gasteiger partial charge < -0.3 is 19.4 Å². The van der Waals surface area contributed by atoms with Gasteiger partial charge in [0.05, 0.1) is 25.6 Å². The van der Waals surface area contributed by atoms with Gasteiger partial charge in [0, 0.05) is 24.3 Å². The Morgan fingerprint density at radius 3 is 2.81 bits per heavy atom. The van der Waals surface area contributed by atoms with Crippen LogP contribution in [0.15, 0.2) is 12.1 Å². The summed E-state index contributed by atoms with van der Waals surface area (Å²) in [4.78, 5) is 0. The van der Waals surface area contributed by atoms with Crippen molar-refractivity contribution in [2.24, 2.45) is 11.8 Å². The lowest BCUT2D eigenvalue weighted by Crippen LogP contribution is -2.80. The van der Waals surface area contributed by atoms with Gasteiger partial charge in [0.2, 0.25) is 0 Å². The Morgan fingerprint density at radius 1 is 1.23 bits per heavy atom.